The van der Waals surface area contributed by atoms with Crippen molar-refractivity contribution in [1.82, 2.24) is 20.3 Å². The monoisotopic (exact) mass is 595 g/mol. The number of nitrogens with zero attached hydrogens (tertiary/aromatic N) is 3. The first kappa shape index (κ1) is 32.3. The average molecular weight is 596 g/mol. The molecule has 0 aliphatic heterocycles. The molecule has 12 heteroatoms. The molecule has 1 aromatic heterocycles. The van der Waals surface area contributed by atoms with Gasteiger partial charge in [0, 0.05) is 24.6 Å². The number of nitrogens with one attached hydrogen (secondary N) is 2. The van der Waals surface area contributed by atoms with E-state index < -0.39 is 20.4 Å². The third-order valence-electron chi connectivity index (χ3n) is 6.98. The zero-order valence-electron chi connectivity index (χ0n) is 25.4. The average Bonchev–Trinajstić information content (AvgIpc) is 3.37. The Kier molecular flexibility index (Phi) is 10.9. The van der Waals surface area contributed by atoms with Crippen LogP contribution in [-0.4, -0.2) is 41.3 Å². The second-order valence-electron chi connectivity index (χ2n) is 11.5. The van der Waals surface area contributed by atoms with Gasteiger partial charge in [-0.3, -0.25) is 19.6 Å². The quantitative estimate of drug-likeness (QED) is 0.198. The van der Waals surface area contributed by atoms with Crippen LogP contribution in [0.2, 0.25) is 18.1 Å². The van der Waals surface area contributed by atoms with Crippen LogP contribution in [0.3, 0.4) is 0 Å². The molecule has 0 aliphatic carbocycles. The fourth-order valence-corrected chi connectivity index (χ4v) is 4.61. The van der Waals surface area contributed by atoms with E-state index in [1.165, 1.54) is 6.92 Å². The van der Waals surface area contributed by atoms with Gasteiger partial charge in [0.2, 0.25) is 8.32 Å². The van der Waals surface area contributed by atoms with Crippen molar-refractivity contribution < 1.29 is 28.3 Å². The number of hydrogen-bond acceptors (Lipinski definition) is 8. The molecule has 0 aliphatic rings. The SMILES string of the molecule is CCCn1cc(CNC(=O)c2ccc(NC(=O)OCc3ccc(O[Si](C)(C)C(C)(C)C)cc3)c(COC(C)=O)c2)nn1. The second kappa shape index (κ2) is 14.1. The van der Waals surface area contributed by atoms with E-state index in [0.29, 0.717) is 22.5 Å². The maximum Gasteiger partial charge on any atom is 0.411 e. The van der Waals surface area contributed by atoms with Gasteiger partial charge in [0.05, 0.1) is 18.4 Å². The van der Waals surface area contributed by atoms with E-state index in [1.807, 2.05) is 31.2 Å². The van der Waals surface area contributed by atoms with Gasteiger partial charge in [-0.15, -0.1) is 5.10 Å². The van der Waals surface area contributed by atoms with Crippen molar-refractivity contribution in [3.8, 4) is 5.75 Å². The van der Waals surface area contributed by atoms with Crippen LogP contribution in [0.15, 0.2) is 48.7 Å². The number of ether oxygens (including phenoxy) is 2. The Labute approximate surface area is 248 Å². The first-order valence-electron chi connectivity index (χ1n) is 13.9. The number of rotatable bonds is 12. The van der Waals surface area contributed by atoms with Crippen LogP contribution in [-0.2, 0) is 40.6 Å². The summed E-state index contributed by atoms with van der Waals surface area (Å²) < 4.78 is 18.6. The molecule has 0 saturated carbocycles. The molecule has 0 fully saturated rings. The highest BCUT2D eigenvalue weighted by atomic mass is 28.4. The zero-order chi connectivity index (χ0) is 30.9. The zero-order valence-corrected chi connectivity index (χ0v) is 26.4. The molecule has 2 amide bonds. The van der Waals surface area contributed by atoms with Crippen LogP contribution < -0.4 is 15.1 Å². The maximum atomic E-state index is 12.8. The summed E-state index contributed by atoms with van der Waals surface area (Å²) >= 11 is 0. The van der Waals surface area contributed by atoms with E-state index in [2.05, 4.69) is 54.8 Å². The van der Waals surface area contributed by atoms with Crippen molar-refractivity contribution >= 4 is 32.0 Å². The molecule has 0 unspecified atom stereocenters. The largest absolute Gasteiger partial charge is 0.544 e. The van der Waals surface area contributed by atoms with Crippen LogP contribution in [0.25, 0.3) is 0 Å². The minimum atomic E-state index is -1.95. The molecule has 11 nitrogen and oxygen atoms in total. The van der Waals surface area contributed by atoms with Crippen LogP contribution in [0.4, 0.5) is 10.5 Å². The first-order chi connectivity index (χ1) is 19.8. The van der Waals surface area contributed by atoms with E-state index in [0.717, 1.165) is 24.3 Å². The Morgan fingerprint density at radius 3 is 2.36 bits per heavy atom. The van der Waals surface area contributed by atoms with Gasteiger partial charge in [-0.2, -0.15) is 0 Å². The Hall–Kier alpha value is -4.19. The van der Waals surface area contributed by atoms with Gasteiger partial charge in [0.15, 0.2) is 0 Å². The van der Waals surface area contributed by atoms with Crippen molar-refractivity contribution in [3.05, 3.63) is 71.0 Å². The first-order valence-corrected chi connectivity index (χ1v) is 16.8. The van der Waals surface area contributed by atoms with Crippen LogP contribution >= 0.6 is 0 Å². The number of carbonyl (C=O) groups is 3. The normalized spacial score (nSPS) is 11.5. The number of amides is 2. The lowest BCUT2D eigenvalue weighted by molar-refractivity contribution is -0.142. The minimum absolute atomic E-state index is 0.0504. The molecule has 2 N–H and O–H groups in total. The summed E-state index contributed by atoms with van der Waals surface area (Å²) in [4.78, 5) is 36.9. The molecule has 0 atom stereocenters. The van der Waals surface area contributed by atoms with Crippen molar-refractivity contribution in [2.75, 3.05) is 5.32 Å². The number of aryl methyl sites for hydroxylation is 1. The Morgan fingerprint density at radius 2 is 1.71 bits per heavy atom. The summed E-state index contributed by atoms with van der Waals surface area (Å²) in [6.07, 6.45) is 2.02. The van der Waals surface area contributed by atoms with Gasteiger partial charge in [-0.1, -0.05) is 45.0 Å². The lowest BCUT2D eigenvalue weighted by Gasteiger charge is -2.36. The fourth-order valence-electron chi connectivity index (χ4n) is 3.58. The second-order valence-corrected chi connectivity index (χ2v) is 16.2. The van der Waals surface area contributed by atoms with Crippen molar-refractivity contribution in [1.29, 1.82) is 0 Å². The third-order valence-corrected chi connectivity index (χ3v) is 11.3. The summed E-state index contributed by atoms with van der Waals surface area (Å²) in [5, 5.41) is 13.6. The molecule has 3 aromatic rings. The molecule has 2 aromatic carbocycles. The molecule has 0 radical (unpaired) electrons. The van der Waals surface area contributed by atoms with Crippen LogP contribution in [0, 0.1) is 0 Å². The number of hydrogen-bond donors (Lipinski definition) is 2. The highest BCUT2D eigenvalue weighted by Gasteiger charge is 2.38. The molecule has 1 heterocycles. The van der Waals surface area contributed by atoms with Gasteiger partial charge in [-0.25, -0.2) is 4.79 Å². The maximum absolute atomic E-state index is 12.8. The molecule has 3 rings (SSSR count). The Balaban J connectivity index is 1.60. The molecular weight excluding hydrogens is 554 g/mol. The Bertz CT molecular complexity index is 1380. The smallest absolute Gasteiger partial charge is 0.411 e. The minimum Gasteiger partial charge on any atom is -0.544 e. The predicted molar refractivity (Wildman–Crippen MR) is 161 cm³/mol. The standard InChI is InChI=1S/C30H41N5O6Si/c1-8-15-35-18-25(33-34-35)17-31-28(37)23-11-14-27(24(16-23)20-39-21(2)36)32-29(38)40-19-22-9-12-26(13-10-22)41-42(6,7)30(3,4)5/h9-14,16,18H,8,15,17,19-20H2,1-7H3,(H,31,37)(H,32,38). The molecule has 226 valence electrons. The fraction of sp³-hybridized carbons (Fsp3) is 0.433. The summed E-state index contributed by atoms with van der Waals surface area (Å²) in [5.41, 5.74) is 2.57. The summed E-state index contributed by atoms with van der Waals surface area (Å²) in [6, 6.07) is 12.2. The molecule has 0 saturated heterocycles. The predicted octanol–water partition coefficient (Wildman–Crippen LogP) is 5.81. The van der Waals surface area contributed by atoms with E-state index in [-0.39, 0.29) is 30.7 Å². The van der Waals surface area contributed by atoms with Crippen molar-refractivity contribution in [3.63, 3.8) is 0 Å². The van der Waals surface area contributed by atoms with Gasteiger partial charge in [-0.05, 0) is 60.4 Å². The van der Waals surface area contributed by atoms with E-state index >= 15 is 0 Å². The topological polar surface area (TPSA) is 134 Å². The number of anilines is 1. The number of benzene rings is 2. The lowest BCUT2D eigenvalue weighted by Crippen LogP contribution is -2.43. The summed E-state index contributed by atoms with van der Waals surface area (Å²) in [7, 11) is -1.95. The van der Waals surface area contributed by atoms with Crippen LogP contribution in [0.1, 0.15) is 68.2 Å². The number of esters is 1. The molecular formula is C30H41N5O6Si. The lowest BCUT2D eigenvalue weighted by atomic mass is 10.1. The molecule has 0 bridgehead atoms. The molecule has 42 heavy (non-hydrogen) atoms. The van der Waals surface area contributed by atoms with Gasteiger partial charge in [0.1, 0.15) is 24.7 Å². The van der Waals surface area contributed by atoms with Gasteiger partial charge >= 0.3 is 12.1 Å². The highest BCUT2D eigenvalue weighted by molar-refractivity contribution is 6.74. The van der Waals surface area contributed by atoms with E-state index in [4.69, 9.17) is 13.9 Å². The molecule has 0 spiro atoms. The number of aromatic nitrogens is 3. The highest BCUT2D eigenvalue weighted by Crippen LogP contribution is 2.37. The van der Waals surface area contributed by atoms with Gasteiger partial charge in [0.25, 0.3) is 5.91 Å². The van der Waals surface area contributed by atoms with E-state index in [1.54, 1.807) is 29.1 Å². The van der Waals surface area contributed by atoms with Crippen molar-refractivity contribution in [2.45, 2.75) is 85.5 Å². The number of carbonyl (C=O) groups excluding carboxylic acids is 3. The Morgan fingerprint density at radius 1 is 1.00 bits per heavy atom. The summed E-state index contributed by atoms with van der Waals surface area (Å²) in [6.45, 7) is 15.1. The summed E-state index contributed by atoms with van der Waals surface area (Å²) in [5.74, 6) is -0.0504. The van der Waals surface area contributed by atoms with Crippen molar-refractivity contribution in [2.24, 2.45) is 0 Å². The third kappa shape index (κ3) is 9.44. The van der Waals surface area contributed by atoms with Crippen LogP contribution in [0.5, 0.6) is 5.75 Å². The van der Waals surface area contributed by atoms with E-state index in [9.17, 15) is 14.4 Å². The van der Waals surface area contributed by atoms with Gasteiger partial charge < -0.3 is 19.2 Å².